The van der Waals surface area contributed by atoms with Crippen LogP contribution in [0.25, 0.3) is 120 Å². The van der Waals surface area contributed by atoms with Crippen LogP contribution in [0.5, 0.6) is 0 Å². The van der Waals surface area contributed by atoms with Crippen LogP contribution in [-0.4, -0.2) is 19.9 Å². The molecule has 3 aromatic heterocycles. The van der Waals surface area contributed by atoms with Crippen LogP contribution in [-0.2, 0) is 0 Å². The molecule has 58 heavy (non-hydrogen) atoms. The summed E-state index contributed by atoms with van der Waals surface area (Å²) in [5, 5.41) is 9.84. The molecule has 9 aromatic carbocycles. The predicted octanol–water partition coefficient (Wildman–Crippen LogP) is 14.2. The fourth-order valence-corrected chi connectivity index (χ4v) is 9.35. The zero-order chi connectivity index (χ0) is 38.2. The summed E-state index contributed by atoms with van der Waals surface area (Å²) in [4.78, 5) is 21.5. The lowest BCUT2D eigenvalue weighted by molar-refractivity contribution is 0.670. The van der Waals surface area contributed by atoms with E-state index in [1.807, 2.05) is 18.2 Å². The Morgan fingerprint density at radius 3 is 1.93 bits per heavy atom. The summed E-state index contributed by atoms with van der Waals surface area (Å²) < 4.78 is 7.81. The minimum atomic E-state index is 0.507. The van der Waals surface area contributed by atoms with Gasteiger partial charge in [-0.1, -0.05) is 152 Å². The molecule has 12 rings (SSSR count). The normalized spacial score (nSPS) is 11.8. The summed E-state index contributed by atoms with van der Waals surface area (Å²) >= 11 is 1.67. The molecular formula is C52H30N4OS. The summed E-state index contributed by atoms with van der Waals surface area (Å²) in [5.74, 6) is 1.66. The summed E-state index contributed by atoms with van der Waals surface area (Å²) in [7, 11) is 0. The van der Waals surface area contributed by atoms with E-state index in [1.54, 1.807) is 11.3 Å². The molecule has 0 unspecified atom stereocenters. The van der Waals surface area contributed by atoms with Gasteiger partial charge >= 0.3 is 0 Å². The number of rotatable bonds is 5. The van der Waals surface area contributed by atoms with E-state index in [9.17, 15) is 0 Å². The van der Waals surface area contributed by atoms with Gasteiger partial charge in [0.15, 0.2) is 17.5 Å². The molecule has 0 aliphatic carbocycles. The molecule has 5 nitrogen and oxygen atoms in total. The standard InChI is InChI=1S/C52H30N4OS/c1-2-13-31(14-3-1)34-18-12-19-36(27-34)49-54-50(43-29-35-17-6-7-20-38(35)39-21-8-9-22-40(39)43)56-51(55-49)46-47-45(30-42-41-23-10-11-24-44(41)57-48(42)46)58-52(53-47)37-26-25-32-15-4-5-16-33(32)28-37/h1-30H. The number of nitrogens with zero attached hydrogens (tertiary/aromatic N) is 4. The Hall–Kier alpha value is -7.54. The van der Waals surface area contributed by atoms with E-state index in [0.29, 0.717) is 23.1 Å². The van der Waals surface area contributed by atoms with Crippen LogP contribution in [0.4, 0.5) is 0 Å². The summed E-state index contributed by atoms with van der Waals surface area (Å²) in [5.41, 5.74) is 8.14. The van der Waals surface area contributed by atoms with Crippen LogP contribution < -0.4 is 0 Å². The van der Waals surface area contributed by atoms with Gasteiger partial charge in [0.05, 0.1) is 15.8 Å². The summed E-state index contributed by atoms with van der Waals surface area (Å²) in [6.45, 7) is 0. The topological polar surface area (TPSA) is 64.7 Å². The third-order valence-corrected chi connectivity index (χ3v) is 12.2. The van der Waals surface area contributed by atoms with E-state index in [1.165, 1.54) is 16.2 Å². The highest BCUT2D eigenvalue weighted by Gasteiger charge is 2.24. The summed E-state index contributed by atoms with van der Waals surface area (Å²) in [6, 6.07) is 63.4. The number of aromatic nitrogens is 4. The molecule has 0 amide bonds. The molecular weight excluding hydrogens is 729 g/mol. The van der Waals surface area contributed by atoms with Crippen molar-refractivity contribution in [1.29, 1.82) is 0 Å². The Balaban J connectivity index is 1.17. The highest BCUT2D eigenvalue weighted by Crippen LogP contribution is 2.44. The Kier molecular flexibility index (Phi) is 7.33. The van der Waals surface area contributed by atoms with E-state index in [0.717, 1.165) is 81.1 Å². The van der Waals surface area contributed by atoms with Gasteiger partial charge in [-0.25, -0.2) is 19.9 Å². The van der Waals surface area contributed by atoms with E-state index >= 15 is 0 Å². The van der Waals surface area contributed by atoms with Crippen LogP contribution in [0.2, 0.25) is 0 Å². The molecule has 0 aliphatic heterocycles. The average Bonchev–Trinajstić information content (AvgIpc) is 3.89. The minimum absolute atomic E-state index is 0.507. The van der Waals surface area contributed by atoms with Gasteiger partial charge in [0.1, 0.15) is 16.2 Å². The second-order valence-electron chi connectivity index (χ2n) is 14.6. The largest absolute Gasteiger partial charge is 0.455 e. The van der Waals surface area contributed by atoms with Gasteiger partial charge in [0, 0.05) is 27.5 Å². The molecule has 0 spiro atoms. The first-order valence-electron chi connectivity index (χ1n) is 19.3. The number of fused-ring (bicyclic) bond motifs is 8. The zero-order valence-corrected chi connectivity index (χ0v) is 31.7. The molecule has 270 valence electrons. The van der Waals surface area contributed by atoms with E-state index < -0.39 is 0 Å². The number of benzene rings is 9. The third-order valence-electron chi connectivity index (χ3n) is 11.1. The van der Waals surface area contributed by atoms with Crippen LogP contribution >= 0.6 is 11.3 Å². The molecule has 3 heterocycles. The van der Waals surface area contributed by atoms with E-state index in [4.69, 9.17) is 24.4 Å². The van der Waals surface area contributed by atoms with Gasteiger partial charge in [0.25, 0.3) is 0 Å². The lowest BCUT2D eigenvalue weighted by Gasteiger charge is -2.13. The highest BCUT2D eigenvalue weighted by atomic mass is 32.1. The van der Waals surface area contributed by atoms with Crippen molar-refractivity contribution in [1.82, 2.24) is 19.9 Å². The molecule has 0 atom stereocenters. The second kappa shape index (κ2) is 13.0. The van der Waals surface area contributed by atoms with Crippen molar-refractivity contribution in [2.75, 3.05) is 0 Å². The van der Waals surface area contributed by atoms with Crippen molar-refractivity contribution in [2.45, 2.75) is 0 Å². The number of furan rings is 1. The molecule has 0 bridgehead atoms. The first-order valence-corrected chi connectivity index (χ1v) is 20.1. The van der Waals surface area contributed by atoms with Crippen molar-refractivity contribution in [3.63, 3.8) is 0 Å². The van der Waals surface area contributed by atoms with E-state index in [-0.39, 0.29) is 0 Å². The number of hydrogen-bond acceptors (Lipinski definition) is 6. The minimum Gasteiger partial charge on any atom is -0.455 e. The highest BCUT2D eigenvalue weighted by molar-refractivity contribution is 7.21. The molecule has 0 saturated carbocycles. The molecule has 6 heteroatoms. The van der Waals surface area contributed by atoms with Gasteiger partial charge in [0.2, 0.25) is 0 Å². The Morgan fingerprint density at radius 1 is 0.379 bits per heavy atom. The van der Waals surface area contributed by atoms with E-state index in [2.05, 4.69) is 164 Å². The molecule has 0 saturated heterocycles. The zero-order valence-electron chi connectivity index (χ0n) is 30.9. The first kappa shape index (κ1) is 32.7. The van der Waals surface area contributed by atoms with Crippen molar-refractivity contribution in [3.05, 3.63) is 182 Å². The van der Waals surface area contributed by atoms with Crippen LogP contribution in [0, 0.1) is 0 Å². The fraction of sp³-hybridized carbons (Fsp3) is 0. The maximum Gasteiger partial charge on any atom is 0.170 e. The number of para-hydroxylation sites is 1. The SMILES string of the molecule is c1ccc(-c2cccc(-c3nc(-c4cc5ccccc5c5ccccc45)nc(-c4c5nc(-c6ccc7ccccc7c6)sc5cc5c4oc4ccccc45)n3)c2)cc1. The molecule has 0 radical (unpaired) electrons. The summed E-state index contributed by atoms with van der Waals surface area (Å²) in [6.07, 6.45) is 0. The lowest BCUT2D eigenvalue weighted by atomic mass is 9.96. The van der Waals surface area contributed by atoms with Crippen molar-refractivity contribution in [2.24, 2.45) is 0 Å². The molecule has 0 N–H and O–H groups in total. The van der Waals surface area contributed by atoms with Crippen molar-refractivity contribution >= 4 is 75.8 Å². The monoisotopic (exact) mass is 758 g/mol. The quantitative estimate of drug-likeness (QED) is 0.164. The Morgan fingerprint density at radius 2 is 1.05 bits per heavy atom. The van der Waals surface area contributed by atoms with Gasteiger partial charge in [-0.3, -0.25) is 0 Å². The number of hydrogen-bond donors (Lipinski definition) is 0. The lowest BCUT2D eigenvalue weighted by Crippen LogP contribution is -2.01. The second-order valence-corrected chi connectivity index (χ2v) is 15.6. The van der Waals surface area contributed by atoms with Gasteiger partial charge in [-0.2, -0.15) is 0 Å². The Labute approximate surface area is 336 Å². The smallest absolute Gasteiger partial charge is 0.170 e. The van der Waals surface area contributed by atoms with Crippen molar-refractivity contribution < 1.29 is 4.42 Å². The average molecular weight is 759 g/mol. The van der Waals surface area contributed by atoms with Crippen LogP contribution in [0.1, 0.15) is 0 Å². The van der Waals surface area contributed by atoms with Crippen LogP contribution in [0.3, 0.4) is 0 Å². The maximum atomic E-state index is 6.78. The first-order chi connectivity index (χ1) is 28.7. The van der Waals surface area contributed by atoms with Gasteiger partial charge in [-0.15, -0.1) is 11.3 Å². The third kappa shape index (κ3) is 5.30. The molecule has 0 aliphatic rings. The predicted molar refractivity (Wildman–Crippen MR) is 240 cm³/mol. The van der Waals surface area contributed by atoms with Gasteiger partial charge < -0.3 is 4.42 Å². The van der Waals surface area contributed by atoms with Crippen LogP contribution in [0.15, 0.2) is 186 Å². The molecule has 12 aromatic rings. The van der Waals surface area contributed by atoms with Gasteiger partial charge in [-0.05, 0) is 73.8 Å². The van der Waals surface area contributed by atoms with Crippen molar-refractivity contribution in [3.8, 4) is 55.9 Å². The maximum absolute atomic E-state index is 6.78. The number of thiazole rings is 1. The molecule has 0 fully saturated rings. The Bertz CT molecular complexity index is 3590. The fourth-order valence-electron chi connectivity index (χ4n) is 8.34.